The van der Waals surface area contributed by atoms with Gasteiger partial charge in [-0.1, -0.05) is 6.92 Å². The predicted molar refractivity (Wildman–Crippen MR) is 60.1 cm³/mol. The Hall–Kier alpha value is -1.04. The number of nitrogens with zero attached hydrogens (tertiary/aromatic N) is 1. The monoisotopic (exact) mass is 245 g/mol. The molecule has 0 saturated carbocycles. The van der Waals surface area contributed by atoms with E-state index in [0.29, 0.717) is 12.3 Å². The molecule has 1 heterocycles. The molecular formula is C10H15NO4S. The summed E-state index contributed by atoms with van der Waals surface area (Å²) >= 11 is 1.26. The summed E-state index contributed by atoms with van der Waals surface area (Å²) in [5, 5.41) is 8.30. The molecule has 5 nitrogen and oxygen atoms in total. The van der Waals surface area contributed by atoms with Crippen LogP contribution in [0.1, 0.15) is 20.3 Å². The summed E-state index contributed by atoms with van der Waals surface area (Å²) in [6.45, 7) is 3.74. The Morgan fingerprint density at radius 2 is 2.25 bits per heavy atom. The molecule has 0 aromatic carbocycles. The summed E-state index contributed by atoms with van der Waals surface area (Å²) in [4.78, 5) is 34.9. The average molecular weight is 245 g/mol. The van der Waals surface area contributed by atoms with Crippen LogP contribution in [-0.2, 0) is 14.4 Å². The maximum absolute atomic E-state index is 11.7. The molecule has 6 heteroatoms. The number of likely N-dealkylation sites (tertiary alicyclic amines) is 1. The molecule has 2 unspecified atom stereocenters. The molecule has 1 fully saturated rings. The highest BCUT2D eigenvalue weighted by Gasteiger charge is 2.38. The van der Waals surface area contributed by atoms with Gasteiger partial charge in [0.15, 0.2) is 0 Å². The van der Waals surface area contributed by atoms with Crippen LogP contribution < -0.4 is 0 Å². The number of hydrogen-bond donors (Lipinski definition) is 1. The van der Waals surface area contributed by atoms with Crippen LogP contribution in [0.25, 0.3) is 0 Å². The van der Waals surface area contributed by atoms with Gasteiger partial charge in [0.25, 0.3) is 0 Å². The lowest BCUT2D eigenvalue weighted by Crippen LogP contribution is -2.31. The van der Waals surface area contributed by atoms with Gasteiger partial charge in [0.05, 0.1) is 11.2 Å². The van der Waals surface area contributed by atoms with Crippen LogP contribution in [0.15, 0.2) is 0 Å². The third-order valence-electron chi connectivity index (χ3n) is 2.49. The number of thioether (sulfide) groups is 1. The molecule has 0 bridgehead atoms. The topological polar surface area (TPSA) is 74.7 Å². The van der Waals surface area contributed by atoms with Crippen molar-refractivity contribution in [2.75, 3.05) is 12.3 Å². The fourth-order valence-corrected chi connectivity index (χ4v) is 2.64. The van der Waals surface area contributed by atoms with E-state index < -0.39 is 17.1 Å². The molecule has 2 atom stereocenters. The van der Waals surface area contributed by atoms with Crippen molar-refractivity contribution in [2.45, 2.75) is 25.5 Å². The molecule has 2 amide bonds. The van der Waals surface area contributed by atoms with Crippen molar-refractivity contribution in [2.24, 2.45) is 5.92 Å². The molecule has 16 heavy (non-hydrogen) atoms. The third kappa shape index (κ3) is 2.75. The van der Waals surface area contributed by atoms with Crippen LogP contribution in [0.5, 0.6) is 0 Å². The smallest absolute Gasteiger partial charge is 0.307 e. The Balaban J connectivity index is 2.48. The summed E-state index contributed by atoms with van der Waals surface area (Å²) in [6.07, 6.45) is 0.198. The highest BCUT2D eigenvalue weighted by Crippen LogP contribution is 2.26. The summed E-state index contributed by atoms with van der Waals surface area (Å²) in [6, 6.07) is 0. The van der Waals surface area contributed by atoms with Crippen LogP contribution in [0, 0.1) is 5.92 Å². The molecule has 1 N–H and O–H groups in total. The molecule has 1 aliphatic heterocycles. The van der Waals surface area contributed by atoms with Gasteiger partial charge in [0, 0.05) is 18.7 Å². The van der Waals surface area contributed by atoms with Gasteiger partial charge in [-0.25, -0.2) is 0 Å². The van der Waals surface area contributed by atoms with Crippen LogP contribution in [-0.4, -0.2) is 45.3 Å². The van der Waals surface area contributed by atoms with Crippen molar-refractivity contribution >= 4 is 29.5 Å². The van der Waals surface area contributed by atoms with Crippen LogP contribution in [0.4, 0.5) is 0 Å². The Labute approximate surface area is 98.2 Å². The fraction of sp³-hybridized carbons (Fsp3) is 0.700. The van der Waals surface area contributed by atoms with E-state index in [4.69, 9.17) is 5.11 Å². The number of imide groups is 1. The maximum atomic E-state index is 11.7. The van der Waals surface area contributed by atoms with E-state index in [0.717, 1.165) is 0 Å². The average Bonchev–Trinajstić information content (AvgIpc) is 2.50. The second-order valence-electron chi connectivity index (χ2n) is 3.74. The van der Waals surface area contributed by atoms with Crippen LogP contribution in [0.2, 0.25) is 0 Å². The summed E-state index contributed by atoms with van der Waals surface area (Å²) in [5.41, 5.74) is 0. The molecule has 1 rings (SSSR count). The van der Waals surface area contributed by atoms with E-state index in [1.165, 1.54) is 16.7 Å². The molecule has 90 valence electrons. The minimum absolute atomic E-state index is 0.159. The van der Waals surface area contributed by atoms with Gasteiger partial charge in [-0.2, -0.15) is 0 Å². The SMILES string of the molecule is CCN1C(=O)CC(SCC(C)C(=O)O)C1=O. The zero-order valence-corrected chi connectivity index (χ0v) is 10.1. The summed E-state index contributed by atoms with van der Waals surface area (Å²) in [7, 11) is 0. The third-order valence-corrected chi connectivity index (χ3v) is 3.95. The van der Waals surface area contributed by atoms with Crippen LogP contribution >= 0.6 is 11.8 Å². The Morgan fingerprint density at radius 1 is 1.62 bits per heavy atom. The molecule has 0 aromatic heterocycles. The molecule has 1 saturated heterocycles. The first-order valence-corrected chi connectivity index (χ1v) is 6.20. The lowest BCUT2D eigenvalue weighted by Gasteiger charge is -2.12. The van der Waals surface area contributed by atoms with Crippen molar-refractivity contribution in [3.8, 4) is 0 Å². The van der Waals surface area contributed by atoms with E-state index >= 15 is 0 Å². The number of carboxylic acid groups (broad SMARTS) is 1. The van der Waals surface area contributed by atoms with Crippen molar-refractivity contribution in [1.29, 1.82) is 0 Å². The number of hydrogen-bond acceptors (Lipinski definition) is 4. The highest BCUT2D eigenvalue weighted by molar-refractivity contribution is 8.00. The minimum Gasteiger partial charge on any atom is -0.481 e. The van der Waals surface area contributed by atoms with Gasteiger partial charge in [-0.3, -0.25) is 19.3 Å². The lowest BCUT2D eigenvalue weighted by atomic mass is 10.2. The van der Waals surface area contributed by atoms with Gasteiger partial charge in [-0.05, 0) is 6.92 Å². The van der Waals surface area contributed by atoms with E-state index in [2.05, 4.69) is 0 Å². The minimum atomic E-state index is -0.878. The number of amides is 2. The Morgan fingerprint density at radius 3 is 2.69 bits per heavy atom. The number of carbonyl (C=O) groups is 3. The number of aliphatic carboxylic acids is 1. The maximum Gasteiger partial charge on any atom is 0.307 e. The second-order valence-corrected chi connectivity index (χ2v) is 4.98. The van der Waals surface area contributed by atoms with Gasteiger partial charge in [0.2, 0.25) is 11.8 Å². The van der Waals surface area contributed by atoms with Crippen molar-refractivity contribution in [1.82, 2.24) is 4.90 Å². The van der Waals surface area contributed by atoms with Gasteiger partial charge in [0.1, 0.15) is 0 Å². The molecule has 0 spiro atoms. The molecule has 0 radical (unpaired) electrons. The quantitative estimate of drug-likeness (QED) is 0.717. The number of carbonyl (C=O) groups excluding carboxylic acids is 2. The highest BCUT2D eigenvalue weighted by atomic mass is 32.2. The fourth-order valence-electron chi connectivity index (χ4n) is 1.45. The first kappa shape index (κ1) is 13.0. The van der Waals surface area contributed by atoms with E-state index in [1.54, 1.807) is 13.8 Å². The van der Waals surface area contributed by atoms with E-state index in [9.17, 15) is 14.4 Å². The van der Waals surface area contributed by atoms with Gasteiger partial charge in [-0.15, -0.1) is 11.8 Å². The van der Waals surface area contributed by atoms with Crippen molar-refractivity contribution in [3.63, 3.8) is 0 Å². The predicted octanol–water partition coefficient (Wildman–Crippen LogP) is 0.588. The first-order valence-electron chi connectivity index (χ1n) is 5.16. The van der Waals surface area contributed by atoms with E-state index in [-0.39, 0.29) is 18.2 Å². The number of rotatable bonds is 5. The number of carboxylic acids is 1. The molecule has 0 aliphatic carbocycles. The summed E-state index contributed by atoms with van der Waals surface area (Å²) < 4.78 is 0. The second kappa shape index (κ2) is 5.34. The zero-order valence-electron chi connectivity index (χ0n) is 9.30. The first-order chi connectivity index (χ1) is 7.47. The largest absolute Gasteiger partial charge is 0.481 e. The molecule has 1 aliphatic rings. The Bertz CT molecular complexity index is 318. The van der Waals surface area contributed by atoms with Gasteiger partial charge >= 0.3 is 5.97 Å². The zero-order chi connectivity index (χ0) is 12.3. The normalized spacial score (nSPS) is 22.6. The Kier molecular flexibility index (Phi) is 4.35. The standard InChI is InChI=1S/C10H15NO4S/c1-3-11-8(12)4-7(9(11)13)16-5-6(2)10(14)15/h6-7H,3-5H2,1-2H3,(H,14,15). The van der Waals surface area contributed by atoms with E-state index in [1.807, 2.05) is 0 Å². The molecular weight excluding hydrogens is 230 g/mol. The molecule has 0 aromatic rings. The van der Waals surface area contributed by atoms with Crippen molar-refractivity contribution in [3.05, 3.63) is 0 Å². The summed E-state index contributed by atoms with van der Waals surface area (Å²) in [5.74, 6) is -1.36. The van der Waals surface area contributed by atoms with Gasteiger partial charge < -0.3 is 5.11 Å². The van der Waals surface area contributed by atoms with Crippen molar-refractivity contribution < 1.29 is 19.5 Å². The lowest BCUT2D eigenvalue weighted by molar-refractivity contribution is -0.140. The van der Waals surface area contributed by atoms with Crippen LogP contribution in [0.3, 0.4) is 0 Å².